The van der Waals surface area contributed by atoms with Crippen LogP contribution in [0.25, 0.3) is 0 Å². The zero-order valence-electron chi connectivity index (χ0n) is 19.3. The second kappa shape index (κ2) is 7.00. The number of fused-ring (bicyclic) bond motifs is 5. The average molecular weight is 451 g/mol. The van der Waals surface area contributed by atoms with Gasteiger partial charge >= 0.3 is 0 Å². The molecule has 6 aliphatic rings. The first-order chi connectivity index (χ1) is 15.2. The molecule has 3 saturated carbocycles. The van der Waals surface area contributed by atoms with Crippen molar-refractivity contribution in [1.82, 2.24) is 0 Å². The zero-order chi connectivity index (χ0) is 22.4. The van der Waals surface area contributed by atoms with E-state index in [4.69, 9.17) is 18.9 Å². The van der Waals surface area contributed by atoms with E-state index in [9.17, 15) is 15.3 Å². The molecule has 2 saturated heterocycles. The topological polar surface area (TPSA) is 97.6 Å². The van der Waals surface area contributed by atoms with Crippen molar-refractivity contribution in [2.75, 3.05) is 33.0 Å². The Morgan fingerprint density at radius 2 is 1.69 bits per heavy atom. The van der Waals surface area contributed by atoms with Gasteiger partial charge in [0.05, 0.1) is 32.5 Å². The van der Waals surface area contributed by atoms with E-state index in [1.807, 2.05) is 0 Å². The second-order valence-corrected chi connectivity index (χ2v) is 11.7. The Morgan fingerprint density at radius 3 is 2.38 bits per heavy atom. The van der Waals surface area contributed by atoms with E-state index < -0.39 is 28.7 Å². The molecule has 0 bridgehead atoms. The summed E-state index contributed by atoms with van der Waals surface area (Å²) in [5.41, 5.74) is -0.623. The van der Waals surface area contributed by atoms with Crippen LogP contribution in [0.5, 0.6) is 0 Å². The summed E-state index contributed by atoms with van der Waals surface area (Å²) in [4.78, 5) is 0. The summed E-state index contributed by atoms with van der Waals surface area (Å²) in [7, 11) is 0. The molecule has 7 nitrogen and oxygen atoms in total. The van der Waals surface area contributed by atoms with Gasteiger partial charge in [0.1, 0.15) is 12.2 Å². The Bertz CT molecular complexity index is 800. The summed E-state index contributed by atoms with van der Waals surface area (Å²) in [5, 5.41) is 34.0. The molecule has 180 valence electrons. The third-order valence-corrected chi connectivity index (χ3v) is 10.6. The predicted octanol–water partition coefficient (Wildman–Crippen LogP) is 2.13. The van der Waals surface area contributed by atoms with E-state index in [1.165, 1.54) is 5.57 Å². The van der Waals surface area contributed by atoms with Gasteiger partial charge in [-0.25, -0.2) is 0 Å². The van der Waals surface area contributed by atoms with Gasteiger partial charge in [0.2, 0.25) is 5.79 Å². The fourth-order valence-corrected chi connectivity index (χ4v) is 9.03. The summed E-state index contributed by atoms with van der Waals surface area (Å²) in [6, 6.07) is 0. The largest absolute Gasteiger partial charge is 0.393 e. The Hall–Kier alpha value is -0.540. The maximum atomic E-state index is 12.1. The molecule has 7 atom stereocenters. The fraction of sp³-hybridized carbons (Fsp3) is 0.920. The van der Waals surface area contributed by atoms with E-state index in [2.05, 4.69) is 19.9 Å². The Morgan fingerprint density at radius 1 is 1.00 bits per heavy atom. The van der Waals surface area contributed by atoms with Crippen LogP contribution >= 0.6 is 0 Å². The number of allylic oxidation sites excluding steroid dienone is 1. The van der Waals surface area contributed by atoms with Crippen molar-refractivity contribution in [2.24, 2.45) is 28.6 Å². The molecule has 0 radical (unpaired) electrons. The molecule has 4 aliphatic carbocycles. The van der Waals surface area contributed by atoms with E-state index >= 15 is 0 Å². The first-order valence-electron chi connectivity index (χ1n) is 12.5. The monoisotopic (exact) mass is 450 g/mol. The Labute approximate surface area is 190 Å². The molecule has 32 heavy (non-hydrogen) atoms. The third kappa shape index (κ3) is 2.56. The third-order valence-electron chi connectivity index (χ3n) is 10.6. The number of hydrogen-bond donors (Lipinski definition) is 3. The van der Waals surface area contributed by atoms with Crippen LogP contribution in [-0.4, -0.2) is 71.6 Å². The quantitative estimate of drug-likeness (QED) is 0.555. The minimum Gasteiger partial charge on any atom is -0.393 e. The van der Waals surface area contributed by atoms with E-state index in [-0.39, 0.29) is 29.8 Å². The summed E-state index contributed by atoms with van der Waals surface area (Å²) < 4.78 is 23.8. The molecule has 0 unspecified atom stereocenters. The molecule has 0 aromatic rings. The number of rotatable bonds is 2. The normalized spacial score (nSPS) is 51.2. The fourth-order valence-electron chi connectivity index (χ4n) is 9.03. The molecular formula is C25H38O7. The van der Waals surface area contributed by atoms with Gasteiger partial charge in [-0.3, -0.25) is 0 Å². The lowest BCUT2D eigenvalue weighted by Gasteiger charge is -2.62. The Kier molecular flexibility index (Phi) is 4.80. The maximum absolute atomic E-state index is 12.1. The van der Waals surface area contributed by atoms with Crippen LogP contribution in [-0.2, 0) is 18.9 Å². The Balaban J connectivity index is 1.35. The molecule has 3 N–H and O–H groups in total. The summed E-state index contributed by atoms with van der Waals surface area (Å²) >= 11 is 0. The van der Waals surface area contributed by atoms with Crippen molar-refractivity contribution in [2.45, 2.75) is 82.1 Å². The molecular weight excluding hydrogens is 412 g/mol. The predicted molar refractivity (Wildman–Crippen MR) is 114 cm³/mol. The molecule has 5 fully saturated rings. The lowest BCUT2D eigenvalue weighted by molar-refractivity contribution is -0.324. The van der Waals surface area contributed by atoms with Gasteiger partial charge in [-0.05, 0) is 55.3 Å². The van der Waals surface area contributed by atoms with Crippen molar-refractivity contribution in [3.63, 3.8) is 0 Å². The van der Waals surface area contributed by atoms with Crippen molar-refractivity contribution in [3.8, 4) is 0 Å². The van der Waals surface area contributed by atoms with Crippen molar-refractivity contribution in [3.05, 3.63) is 11.6 Å². The van der Waals surface area contributed by atoms with Crippen LogP contribution < -0.4 is 0 Å². The molecule has 2 heterocycles. The molecule has 2 aliphatic heterocycles. The molecule has 1 spiro atoms. The van der Waals surface area contributed by atoms with Crippen LogP contribution in [0.15, 0.2) is 11.6 Å². The van der Waals surface area contributed by atoms with Gasteiger partial charge < -0.3 is 34.3 Å². The highest BCUT2D eigenvalue weighted by atomic mass is 16.8. The van der Waals surface area contributed by atoms with Crippen molar-refractivity contribution < 1.29 is 34.3 Å². The first-order valence-corrected chi connectivity index (χ1v) is 12.5. The lowest BCUT2D eigenvalue weighted by Crippen LogP contribution is -2.68. The number of aliphatic hydroxyl groups excluding tert-OH is 2. The van der Waals surface area contributed by atoms with E-state index in [0.29, 0.717) is 39.3 Å². The van der Waals surface area contributed by atoms with E-state index in [0.717, 1.165) is 32.1 Å². The molecule has 0 aromatic carbocycles. The number of hydrogen-bond acceptors (Lipinski definition) is 7. The van der Waals surface area contributed by atoms with Crippen LogP contribution in [0.3, 0.4) is 0 Å². The van der Waals surface area contributed by atoms with Crippen LogP contribution in [0.1, 0.15) is 58.8 Å². The average Bonchev–Trinajstić information content (AvgIpc) is 3.49. The van der Waals surface area contributed by atoms with Gasteiger partial charge in [-0.1, -0.05) is 25.5 Å². The van der Waals surface area contributed by atoms with Crippen LogP contribution in [0.4, 0.5) is 0 Å². The maximum Gasteiger partial charge on any atom is 0.222 e. The summed E-state index contributed by atoms with van der Waals surface area (Å²) in [5.74, 6) is -1.19. The summed E-state index contributed by atoms with van der Waals surface area (Å²) in [6.45, 7) is 6.10. The van der Waals surface area contributed by atoms with Gasteiger partial charge in [-0.15, -0.1) is 0 Å². The van der Waals surface area contributed by atoms with Gasteiger partial charge in [0, 0.05) is 18.3 Å². The van der Waals surface area contributed by atoms with Gasteiger partial charge in [0.25, 0.3) is 0 Å². The first kappa shape index (κ1) is 22.0. The summed E-state index contributed by atoms with van der Waals surface area (Å²) in [6.07, 6.45) is 7.20. The highest BCUT2D eigenvalue weighted by Gasteiger charge is 2.73. The highest BCUT2D eigenvalue weighted by Crippen LogP contribution is 2.69. The molecule has 0 aromatic heterocycles. The second-order valence-electron chi connectivity index (χ2n) is 11.7. The zero-order valence-corrected chi connectivity index (χ0v) is 19.3. The molecule has 6 rings (SSSR count). The number of aliphatic hydroxyl groups is 3. The minimum atomic E-state index is -1.39. The van der Waals surface area contributed by atoms with Crippen LogP contribution in [0.2, 0.25) is 0 Å². The van der Waals surface area contributed by atoms with Gasteiger partial charge in [0.15, 0.2) is 5.79 Å². The standard InChI is InChI=1S/C25H38O7/c1-21-7-8-23(29-9-10-30-23)13-16(21)3-4-17-18-5-6-24(28,25(15-26)31-11-12-32-25)22(18,2)14-19(27)20(17)21/h3,17-20,26-28H,4-15H2,1-2H3/t17-,18+,19-,20-,21-,22-,24-/m0/s1. The SMILES string of the molecule is C[C@]12CCC3(CC1=CC[C@@H]1[C@H]2[C@@H](O)C[C@@]2(C)[C@@H]1CC[C@@]2(O)C1(CO)OCCO1)OCCO3. The number of ether oxygens (including phenoxy) is 4. The van der Waals surface area contributed by atoms with Crippen molar-refractivity contribution in [1.29, 1.82) is 0 Å². The minimum absolute atomic E-state index is 0.0834. The lowest BCUT2D eigenvalue weighted by atomic mass is 9.45. The van der Waals surface area contributed by atoms with Gasteiger partial charge in [-0.2, -0.15) is 0 Å². The molecule has 7 heteroatoms. The van der Waals surface area contributed by atoms with E-state index in [1.54, 1.807) is 0 Å². The smallest absolute Gasteiger partial charge is 0.222 e. The van der Waals surface area contributed by atoms with Crippen molar-refractivity contribution >= 4 is 0 Å². The highest BCUT2D eigenvalue weighted by molar-refractivity contribution is 5.29. The molecule has 0 amide bonds. The van der Waals surface area contributed by atoms with Crippen LogP contribution in [0, 0.1) is 28.6 Å².